The molecular formula is C15H12BrN3O3S2. The van der Waals surface area contributed by atoms with Gasteiger partial charge in [0.25, 0.3) is 5.91 Å². The van der Waals surface area contributed by atoms with Gasteiger partial charge in [-0.15, -0.1) is 11.3 Å². The molecule has 0 spiro atoms. The van der Waals surface area contributed by atoms with Gasteiger partial charge in [-0.1, -0.05) is 11.8 Å². The van der Waals surface area contributed by atoms with Crippen molar-refractivity contribution < 1.29 is 14.0 Å². The van der Waals surface area contributed by atoms with E-state index in [0.29, 0.717) is 10.4 Å². The van der Waals surface area contributed by atoms with Gasteiger partial charge in [0.15, 0.2) is 14.8 Å². The fourth-order valence-corrected chi connectivity index (χ4v) is 3.79. The number of fused-ring (bicyclic) bond motifs is 1. The second-order valence-electron chi connectivity index (χ2n) is 4.70. The van der Waals surface area contributed by atoms with E-state index in [-0.39, 0.29) is 18.2 Å². The van der Waals surface area contributed by atoms with Crippen molar-refractivity contribution in [2.75, 3.05) is 18.1 Å². The number of carbonyl (C=O) groups is 2. The number of benzene rings is 1. The number of amides is 2. The third-order valence-electron chi connectivity index (χ3n) is 3.03. The number of thioether (sulfide) groups is 1. The van der Waals surface area contributed by atoms with Crippen LogP contribution in [-0.2, 0) is 4.79 Å². The van der Waals surface area contributed by atoms with E-state index < -0.39 is 5.91 Å². The van der Waals surface area contributed by atoms with E-state index in [9.17, 15) is 9.59 Å². The highest BCUT2D eigenvalue weighted by Crippen LogP contribution is 2.29. The molecule has 0 atom stereocenters. The van der Waals surface area contributed by atoms with Gasteiger partial charge in [0.05, 0.1) is 16.8 Å². The molecule has 6 nitrogen and oxygen atoms in total. The number of aromatic nitrogens is 1. The number of rotatable bonds is 5. The second-order valence-corrected chi connectivity index (χ2v) is 7.57. The van der Waals surface area contributed by atoms with Gasteiger partial charge >= 0.3 is 0 Å². The quantitative estimate of drug-likeness (QED) is 0.608. The maximum absolute atomic E-state index is 12.0. The standard InChI is InChI=1S/C15H12BrN3O3S2/c1-23-15-19-9-3-2-8(6-11(9)24-15)18-13(20)7-17-14(21)10-4-5-12(16)22-10/h2-6H,7H2,1H3,(H,17,21)(H,18,20). The summed E-state index contributed by atoms with van der Waals surface area (Å²) >= 11 is 6.28. The predicted octanol–water partition coefficient (Wildman–Crippen LogP) is 3.74. The van der Waals surface area contributed by atoms with Crippen molar-refractivity contribution in [1.29, 1.82) is 0 Å². The van der Waals surface area contributed by atoms with Gasteiger partial charge in [-0.05, 0) is 52.5 Å². The largest absolute Gasteiger partial charge is 0.444 e. The van der Waals surface area contributed by atoms with Gasteiger partial charge in [0.1, 0.15) is 0 Å². The Balaban J connectivity index is 1.59. The van der Waals surface area contributed by atoms with Gasteiger partial charge < -0.3 is 15.1 Å². The van der Waals surface area contributed by atoms with Crippen LogP contribution in [0.2, 0.25) is 0 Å². The first-order chi connectivity index (χ1) is 11.5. The fraction of sp³-hybridized carbons (Fsp3) is 0.133. The van der Waals surface area contributed by atoms with E-state index in [0.717, 1.165) is 14.6 Å². The molecule has 3 aromatic rings. The molecule has 0 aliphatic rings. The summed E-state index contributed by atoms with van der Waals surface area (Å²) in [5, 5.41) is 5.26. The summed E-state index contributed by atoms with van der Waals surface area (Å²) in [5.74, 6) is -0.619. The molecule has 2 heterocycles. The van der Waals surface area contributed by atoms with E-state index in [1.54, 1.807) is 35.2 Å². The summed E-state index contributed by atoms with van der Waals surface area (Å²) in [7, 11) is 0. The molecule has 2 aromatic heterocycles. The first-order valence-electron chi connectivity index (χ1n) is 6.83. The van der Waals surface area contributed by atoms with Crippen LogP contribution in [0.3, 0.4) is 0 Å². The molecule has 124 valence electrons. The number of carbonyl (C=O) groups excluding carboxylic acids is 2. The smallest absolute Gasteiger partial charge is 0.287 e. The summed E-state index contributed by atoms with van der Waals surface area (Å²) in [4.78, 5) is 28.2. The van der Waals surface area contributed by atoms with Crippen LogP contribution in [0.25, 0.3) is 10.2 Å². The highest BCUT2D eigenvalue weighted by Gasteiger charge is 2.12. The van der Waals surface area contributed by atoms with Crippen molar-refractivity contribution in [3.63, 3.8) is 0 Å². The lowest BCUT2D eigenvalue weighted by molar-refractivity contribution is -0.115. The molecule has 3 rings (SSSR count). The second kappa shape index (κ2) is 7.37. The van der Waals surface area contributed by atoms with Crippen LogP contribution < -0.4 is 10.6 Å². The van der Waals surface area contributed by atoms with Gasteiger partial charge in [0.2, 0.25) is 5.91 Å². The third kappa shape index (κ3) is 3.97. The molecule has 24 heavy (non-hydrogen) atoms. The lowest BCUT2D eigenvalue weighted by Crippen LogP contribution is -2.32. The Labute approximate surface area is 154 Å². The number of nitrogens with one attached hydrogen (secondary N) is 2. The monoisotopic (exact) mass is 425 g/mol. The minimum absolute atomic E-state index is 0.144. The molecule has 1 aromatic carbocycles. The third-order valence-corrected chi connectivity index (χ3v) is 5.46. The molecule has 0 saturated carbocycles. The average Bonchev–Trinajstić information content (AvgIpc) is 3.18. The van der Waals surface area contributed by atoms with Gasteiger partial charge in [-0.25, -0.2) is 4.98 Å². The van der Waals surface area contributed by atoms with E-state index in [1.807, 2.05) is 18.4 Å². The van der Waals surface area contributed by atoms with Crippen LogP contribution in [0.1, 0.15) is 10.6 Å². The number of anilines is 1. The van der Waals surface area contributed by atoms with E-state index >= 15 is 0 Å². The van der Waals surface area contributed by atoms with Crippen molar-refractivity contribution in [1.82, 2.24) is 10.3 Å². The fourth-order valence-electron chi connectivity index (χ4n) is 1.96. The zero-order valence-corrected chi connectivity index (χ0v) is 15.7. The highest BCUT2D eigenvalue weighted by atomic mass is 79.9. The van der Waals surface area contributed by atoms with Crippen LogP contribution in [0.4, 0.5) is 5.69 Å². The van der Waals surface area contributed by atoms with Crippen LogP contribution in [0, 0.1) is 0 Å². The predicted molar refractivity (Wildman–Crippen MR) is 98.8 cm³/mol. The molecule has 2 amide bonds. The zero-order valence-electron chi connectivity index (χ0n) is 12.5. The molecule has 0 unspecified atom stereocenters. The lowest BCUT2D eigenvalue weighted by Gasteiger charge is -2.06. The van der Waals surface area contributed by atoms with Crippen LogP contribution in [0.5, 0.6) is 0 Å². The average molecular weight is 426 g/mol. The molecule has 0 aliphatic heterocycles. The molecule has 0 radical (unpaired) electrons. The number of thiazole rings is 1. The van der Waals surface area contributed by atoms with Crippen molar-refractivity contribution in [2.24, 2.45) is 0 Å². The minimum atomic E-state index is -0.446. The molecular weight excluding hydrogens is 414 g/mol. The molecule has 2 N–H and O–H groups in total. The SMILES string of the molecule is CSc1nc2ccc(NC(=O)CNC(=O)c3ccc(Br)o3)cc2s1. The number of halogens is 1. The number of hydrogen-bond acceptors (Lipinski definition) is 6. The van der Waals surface area contributed by atoms with E-state index in [1.165, 1.54) is 6.07 Å². The van der Waals surface area contributed by atoms with Gasteiger partial charge in [-0.2, -0.15) is 0 Å². The van der Waals surface area contributed by atoms with Crippen LogP contribution >= 0.6 is 39.0 Å². The van der Waals surface area contributed by atoms with Crippen molar-refractivity contribution >= 4 is 66.7 Å². The normalized spacial score (nSPS) is 10.8. The Hall–Kier alpha value is -1.84. The summed E-state index contributed by atoms with van der Waals surface area (Å²) < 4.78 is 7.56. The summed E-state index contributed by atoms with van der Waals surface area (Å²) in [6.07, 6.45) is 1.97. The highest BCUT2D eigenvalue weighted by molar-refractivity contribution is 9.10. The molecule has 0 fully saturated rings. The molecule has 0 saturated heterocycles. The Morgan fingerprint density at radius 1 is 1.33 bits per heavy atom. The topological polar surface area (TPSA) is 84.2 Å². The minimum Gasteiger partial charge on any atom is -0.444 e. The Morgan fingerprint density at radius 3 is 2.88 bits per heavy atom. The van der Waals surface area contributed by atoms with Crippen LogP contribution in [0.15, 0.2) is 43.8 Å². The maximum atomic E-state index is 12.0. The molecule has 9 heteroatoms. The van der Waals surface area contributed by atoms with Crippen molar-refractivity contribution in [3.8, 4) is 0 Å². The van der Waals surface area contributed by atoms with E-state index in [4.69, 9.17) is 4.42 Å². The molecule has 0 bridgehead atoms. The van der Waals surface area contributed by atoms with Crippen molar-refractivity contribution in [3.05, 3.63) is 40.8 Å². The maximum Gasteiger partial charge on any atom is 0.287 e. The van der Waals surface area contributed by atoms with Gasteiger partial charge in [-0.3, -0.25) is 9.59 Å². The number of furan rings is 1. The van der Waals surface area contributed by atoms with Gasteiger partial charge in [0, 0.05) is 5.69 Å². The Morgan fingerprint density at radius 2 is 2.17 bits per heavy atom. The summed E-state index contributed by atoms with van der Waals surface area (Å²) in [6, 6.07) is 8.66. The van der Waals surface area contributed by atoms with Crippen molar-refractivity contribution in [2.45, 2.75) is 4.34 Å². The lowest BCUT2D eigenvalue weighted by atomic mass is 10.3. The molecule has 0 aliphatic carbocycles. The first-order valence-corrected chi connectivity index (χ1v) is 9.66. The Bertz CT molecular complexity index is 906. The zero-order chi connectivity index (χ0) is 17.1. The van der Waals surface area contributed by atoms with Crippen LogP contribution in [-0.4, -0.2) is 29.6 Å². The van der Waals surface area contributed by atoms with E-state index in [2.05, 4.69) is 31.5 Å². The number of hydrogen-bond donors (Lipinski definition) is 2. The number of nitrogens with zero attached hydrogens (tertiary/aromatic N) is 1. The Kier molecular flexibility index (Phi) is 5.22. The summed E-state index contributed by atoms with van der Waals surface area (Å²) in [5.41, 5.74) is 1.57. The first kappa shape index (κ1) is 17.0. The summed E-state index contributed by atoms with van der Waals surface area (Å²) in [6.45, 7) is -0.145.